The average molecular weight is 309 g/mol. The number of nitrogens with two attached hydrogens (primary N) is 1. The van der Waals surface area contributed by atoms with Gasteiger partial charge in [-0.3, -0.25) is 9.59 Å². The van der Waals surface area contributed by atoms with E-state index in [1.165, 1.54) is 0 Å². The highest BCUT2D eigenvalue weighted by atomic mass is 35.5. The summed E-state index contributed by atoms with van der Waals surface area (Å²) < 4.78 is 5.17. The lowest BCUT2D eigenvalue weighted by Crippen LogP contribution is -2.49. The van der Waals surface area contributed by atoms with Crippen LogP contribution in [0.25, 0.3) is 0 Å². The standard InChI is InChI=1S/C14H28N2O3.ClH/c1-6-7-8-10(2)19-11(17)9-16-13(18)12(15)14(3,4)5;/h10,12H,6-9,15H2,1-5H3,(H,16,18);1H. The molecule has 5 nitrogen and oxygen atoms in total. The van der Waals surface area contributed by atoms with Crippen molar-refractivity contribution in [1.29, 1.82) is 0 Å². The van der Waals surface area contributed by atoms with Gasteiger partial charge in [-0.25, -0.2) is 0 Å². The summed E-state index contributed by atoms with van der Waals surface area (Å²) in [6.45, 7) is 9.45. The third-order valence-electron chi connectivity index (χ3n) is 2.92. The minimum Gasteiger partial charge on any atom is -0.461 e. The third-order valence-corrected chi connectivity index (χ3v) is 2.92. The minimum atomic E-state index is -0.641. The van der Waals surface area contributed by atoms with Crippen LogP contribution in [0, 0.1) is 5.41 Å². The van der Waals surface area contributed by atoms with Gasteiger partial charge in [-0.05, 0) is 18.8 Å². The number of carbonyl (C=O) groups is 2. The van der Waals surface area contributed by atoms with Crippen LogP contribution in [0.2, 0.25) is 0 Å². The van der Waals surface area contributed by atoms with Crippen LogP contribution < -0.4 is 11.1 Å². The number of amides is 1. The largest absolute Gasteiger partial charge is 0.461 e. The lowest BCUT2D eigenvalue weighted by atomic mass is 9.87. The normalized spacial score (nSPS) is 13.9. The highest BCUT2D eigenvalue weighted by Crippen LogP contribution is 2.17. The van der Waals surface area contributed by atoms with Gasteiger partial charge in [0.2, 0.25) is 5.91 Å². The molecule has 3 N–H and O–H groups in total. The van der Waals surface area contributed by atoms with Crippen LogP contribution in [-0.4, -0.2) is 30.6 Å². The van der Waals surface area contributed by atoms with Gasteiger partial charge in [-0.1, -0.05) is 40.5 Å². The fraction of sp³-hybridized carbons (Fsp3) is 0.857. The zero-order chi connectivity index (χ0) is 15.1. The number of halogens is 1. The van der Waals surface area contributed by atoms with Crippen molar-refractivity contribution in [1.82, 2.24) is 5.32 Å². The Morgan fingerprint density at radius 3 is 2.30 bits per heavy atom. The number of unbranched alkanes of at least 4 members (excludes halogenated alkanes) is 1. The molecule has 1 amide bonds. The van der Waals surface area contributed by atoms with E-state index in [1.54, 1.807) is 0 Å². The zero-order valence-corrected chi connectivity index (χ0v) is 14.0. The zero-order valence-electron chi connectivity index (χ0n) is 13.2. The van der Waals surface area contributed by atoms with Crippen molar-refractivity contribution in [3.8, 4) is 0 Å². The second-order valence-electron chi connectivity index (χ2n) is 6.00. The van der Waals surface area contributed by atoms with Crippen LogP contribution in [-0.2, 0) is 14.3 Å². The van der Waals surface area contributed by atoms with Gasteiger partial charge in [-0.15, -0.1) is 12.4 Å². The molecular formula is C14H29ClN2O3. The molecule has 2 unspecified atom stereocenters. The van der Waals surface area contributed by atoms with Crippen molar-refractivity contribution in [2.75, 3.05) is 6.54 Å². The summed E-state index contributed by atoms with van der Waals surface area (Å²) in [5.41, 5.74) is 5.45. The summed E-state index contributed by atoms with van der Waals surface area (Å²) in [6, 6.07) is -0.641. The maximum Gasteiger partial charge on any atom is 0.325 e. The maximum atomic E-state index is 11.7. The molecule has 120 valence electrons. The summed E-state index contributed by atoms with van der Waals surface area (Å²) in [5, 5.41) is 2.51. The van der Waals surface area contributed by atoms with Crippen molar-refractivity contribution in [3.05, 3.63) is 0 Å². The van der Waals surface area contributed by atoms with E-state index in [9.17, 15) is 9.59 Å². The van der Waals surface area contributed by atoms with Gasteiger partial charge in [0.15, 0.2) is 0 Å². The molecule has 0 aliphatic rings. The first-order valence-corrected chi connectivity index (χ1v) is 6.91. The Morgan fingerprint density at radius 2 is 1.85 bits per heavy atom. The number of carbonyl (C=O) groups excluding carboxylic acids is 2. The Balaban J connectivity index is 0. The van der Waals surface area contributed by atoms with Crippen molar-refractivity contribution in [3.63, 3.8) is 0 Å². The minimum absolute atomic E-state index is 0. The Bertz CT molecular complexity index is 303. The first-order valence-electron chi connectivity index (χ1n) is 6.91. The fourth-order valence-electron chi connectivity index (χ4n) is 1.48. The van der Waals surface area contributed by atoms with Crippen molar-refractivity contribution in [2.45, 2.75) is 66.0 Å². The van der Waals surface area contributed by atoms with Gasteiger partial charge in [0, 0.05) is 0 Å². The Hall–Kier alpha value is -0.810. The molecule has 0 spiro atoms. The monoisotopic (exact) mass is 308 g/mol. The quantitative estimate of drug-likeness (QED) is 0.705. The van der Waals surface area contributed by atoms with E-state index in [1.807, 2.05) is 27.7 Å². The van der Waals surface area contributed by atoms with Gasteiger partial charge in [0.1, 0.15) is 6.54 Å². The lowest BCUT2D eigenvalue weighted by Gasteiger charge is -2.25. The summed E-state index contributed by atoms with van der Waals surface area (Å²) in [5.74, 6) is -0.747. The molecule has 0 saturated heterocycles. The second-order valence-corrected chi connectivity index (χ2v) is 6.00. The average Bonchev–Trinajstić information content (AvgIpc) is 2.31. The SMILES string of the molecule is CCCCC(C)OC(=O)CNC(=O)C(N)C(C)(C)C.Cl. The van der Waals surface area contributed by atoms with Crippen LogP contribution in [0.1, 0.15) is 53.9 Å². The number of hydrogen-bond acceptors (Lipinski definition) is 4. The van der Waals surface area contributed by atoms with Crippen LogP contribution in [0.3, 0.4) is 0 Å². The highest BCUT2D eigenvalue weighted by Gasteiger charge is 2.27. The van der Waals surface area contributed by atoms with E-state index in [0.717, 1.165) is 19.3 Å². The highest BCUT2D eigenvalue weighted by molar-refractivity contribution is 5.86. The van der Waals surface area contributed by atoms with Gasteiger partial charge in [-0.2, -0.15) is 0 Å². The predicted octanol–water partition coefficient (Wildman–Crippen LogP) is 2.02. The number of hydrogen-bond donors (Lipinski definition) is 2. The lowest BCUT2D eigenvalue weighted by molar-refractivity contribution is -0.148. The molecule has 0 saturated carbocycles. The van der Waals surface area contributed by atoms with Crippen molar-refractivity contribution < 1.29 is 14.3 Å². The molecule has 0 bridgehead atoms. The Morgan fingerprint density at radius 1 is 1.30 bits per heavy atom. The smallest absolute Gasteiger partial charge is 0.325 e. The molecule has 2 atom stereocenters. The summed E-state index contributed by atoms with van der Waals surface area (Å²) in [7, 11) is 0. The molecule has 0 aromatic carbocycles. The molecule has 0 fully saturated rings. The third kappa shape index (κ3) is 9.15. The summed E-state index contributed by atoms with van der Waals surface area (Å²) in [6.07, 6.45) is 2.83. The molecule has 0 radical (unpaired) electrons. The second kappa shape index (κ2) is 10.00. The van der Waals surface area contributed by atoms with Gasteiger partial charge in [0.25, 0.3) is 0 Å². The molecule has 0 aliphatic carbocycles. The van der Waals surface area contributed by atoms with Gasteiger partial charge < -0.3 is 15.8 Å². The topological polar surface area (TPSA) is 81.4 Å². The van der Waals surface area contributed by atoms with Crippen LogP contribution in [0.15, 0.2) is 0 Å². The Kier molecular flexibility index (Phi) is 10.7. The first-order chi connectivity index (χ1) is 8.68. The molecule has 0 rings (SSSR count). The van der Waals surface area contributed by atoms with Crippen LogP contribution in [0.4, 0.5) is 0 Å². The molecule has 6 heteroatoms. The molecular weight excluding hydrogens is 280 g/mol. The van der Waals surface area contributed by atoms with E-state index in [4.69, 9.17) is 10.5 Å². The van der Waals surface area contributed by atoms with Gasteiger partial charge >= 0.3 is 5.97 Å². The van der Waals surface area contributed by atoms with Gasteiger partial charge in [0.05, 0.1) is 12.1 Å². The van der Waals surface area contributed by atoms with Crippen molar-refractivity contribution >= 4 is 24.3 Å². The summed E-state index contributed by atoms with van der Waals surface area (Å²) in [4.78, 5) is 23.2. The molecule has 20 heavy (non-hydrogen) atoms. The van der Waals surface area contributed by atoms with Crippen molar-refractivity contribution in [2.24, 2.45) is 11.1 Å². The van der Waals surface area contributed by atoms with E-state index in [2.05, 4.69) is 12.2 Å². The number of ether oxygens (including phenoxy) is 1. The number of esters is 1. The molecule has 0 aromatic heterocycles. The number of rotatable bonds is 7. The summed E-state index contributed by atoms with van der Waals surface area (Å²) >= 11 is 0. The predicted molar refractivity (Wildman–Crippen MR) is 82.8 cm³/mol. The molecule has 0 heterocycles. The number of nitrogens with one attached hydrogen (secondary N) is 1. The Labute approximate surface area is 128 Å². The molecule has 0 aliphatic heterocycles. The van der Waals surface area contributed by atoms with Crippen LogP contribution in [0.5, 0.6) is 0 Å². The van der Waals surface area contributed by atoms with E-state index in [-0.39, 0.29) is 36.4 Å². The maximum absolute atomic E-state index is 11.7. The van der Waals surface area contributed by atoms with E-state index >= 15 is 0 Å². The first kappa shape index (κ1) is 21.5. The molecule has 0 aromatic rings. The van der Waals surface area contributed by atoms with E-state index < -0.39 is 12.0 Å². The van der Waals surface area contributed by atoms with E-state index in [0.29, 0.717) is 0 Å². The van der Waals surface area contributed by atoms with Crippen LogP contribution >= 0.6 is 12.4 Å². The fourth-order valence-corrected chi connectivity index (χ4v) is 1.48.